The summed E-state index contributed by atoms with van der Waals surface area (Å²) in [5, 5.41) is 0. The molecule has 2 fully saturated rings. The van der Waals surface area contributed by atoms with Crippen LogP contribution in [0.15, 0.2) is 18.2 Å². The predicted octanol–water partition coefficient (Wildman–Crippen LogP) is 2.32. The van der Waals surface area contributed by atoms with Gasteiger partial charge in [-0.1, -0.05) is 6.92 Å². The maximum atomic E-state index is 12.8. The maximum absolute atomic E-state index is 12.8. The summed E-state index contributed by atoms with van der Waals surface area (Å²) in [6.45, 7) is 4.22. The second kappa shape index (κ2) is 7.33. The number of carbonyl (C=O) groups is 2. The van der Waals surface area contributed by atoms with Crippen molar-refractivity contribution in [2.75, 3.05) is 38.8 Å². The molecule has 0 bridgehead atoms. The monoisotopic (exact) mass is 346 g/mol. The van der Waals surface area contributed by atoms with Gasteiger partial charge < -0.3 is 19.3 Å². The van der Waals surface area contributed by atoms with E-state index in [0.717, 1.165) is 25.2 Å². The Morgan fingerprint density at radius 3 is 2.60 bits per heavy atom. The molecular formula is C19H26N2O4. The Bertz CT molecular complexity index is 661. The zero-order valence-corrected chi connectivity index (χ0v) is 15.2. The smallest absolute Gasteiger partial charge is 0.228 e. The molecule has 2 aliphatic heterocycles. The molecule has 6 heteroatoms. The molecule has 136 valence electrons. The SMILES string of the molecule is COc1ccc(N2CC(C(=O)N3CCCC(C)C3)CC2=O)cc1OC. The molecule has 0 N–H and O–H groups in total. The molecule has 0 aliphatic carbocycles. The minimum atomic E-state index is -0.258. The van der Waals surface area contributed by atoms with E-state index in [2.05, 4.69) is 6.92 Å². The van der Waals surface area contributed by atoms with Crippen molar-refractivity contribution in [1.29, 1.82) is 0 Å². The normalized spacial score (nSPS) is 23.7. The molecule has 0 radical (unpaired) electrons. The van der Waals surface area contributed by atoms with Crippen molar-refractivity contribution >= 4 is 17.5 Å². The van der Waals surface area contributed by atoms with Crippen molar-refractivity contribution in [3.05, 3.63) is 18.2 Å². The van der Waals surface area contributed by atoms with Gasteiger partial charge in [0.1, 0.15) is 0 Å². The molecule has 25 heavy (non-hydrogen) atoms. The van der Waals surface area contributed by atoms with E-state index in [1.54, 1.807) is 31.3 Å². The van der Waals surface area contributed by atoms with Crippen LogP contribution in [0.2, 0.25) is 0 Å². The van der Waals surface area contributed by atoms with Gasteiger partial charge >= 0.3 is 0 Å². The largest absolute Gasteiger partial charge is 0.493 e. The van der Waals surface area contributed by atoms with Crippen LogP contribution >= 0.6 is 0 Å². The highest BCUT2D eigenvalue weighted by Gasteiger charge is 2.38. The van der Waals surface area contributed by atoms with Gasteiger partial charge in [-0.15, -0.1) is 0 Å². The standard InChI is InChI=1S/C19H26N2O4/c1-13-5-4-8-20(11-13)19(23)14-9-18(22)21(12-14)15-6-7-16(24-2)17(10-15)25-3/h6-7,10,13-14H,4-5,8-9,11-12H2,1-3H3. The number of ether oxygens (including phenoxy) is 2. The van der Waals surface area contributed by atoms with Crippen molar-refractivity contribution in [1.82, 2.24) is 4.90 Å². The number of hydrogen-bond acceptors (Lipinski definition) is 4. The summed E-state index contributed by atoms with van der Waals surface area (Å²) in [5.41, 5.74) is 0.741. The first-order chi connectivity index (χ1) is 12.0. The third-order valence-electron chi connectivity index (χ3n) is 5.12. The van der Waals surface area contributed by atoms with Crippen LogP contribution < -0.4 is 14.4 Å². The van der Waals surface area contributed by atoms with Crippen molar-refractivity contribution < 1.29 is 19.1 Å². The summed E-state index contributed by atoms with van der Waals surface area (Å²) >= 11 is 0. The average Bonchev–Trinajstić information content (AvgIpc) is 3.02. The van der Waals surface area contributed by atoms with E-state index in [4.69, 9.17) is 9.47 Å². The summed E-state index contributed by atoms with van der Waals surface area (Å²) in [6, 6.07) is 5.39. The number of benzene rings is 1. The highest BCUT2D eigenvalue weighted by atomic mass is 16.5. The number of carbonyl (C=O) groups excluding carboxylic acids is 2. The van der Waals surface area contributed by atoms with E-state index >= 15 is 0 Å². The molecular weight excluding hydrogens is 320 g/mol. The Morgan fingerprint density at radius 1 is 1.16 bits per heavy atom. The topological polar surface area (TPSA) is 59.1 Å². The molecule has 3 rings (SSSR count). The van der Waals surface area contributed by atoms with Gasteiger partial charge in [0.15, 0.2) is 11.5 Å². The predicted molar refractivity (Wildman–Crippen MR) is 95.0 cm³/mol. The molecule has 6 nitrogen and oxygen atoms in total. The Kier molecular flexibility index (Phi) is 5.16. The maximum Gasteiger partial charge on any atom is 0.228 e. The van der Waals surface area contributed by atoms with E-state index < -0.39 is 0 Å². The average molecular weight is 346 g/mol. The Labute approximate surface area is 148 Å². The molecule has 1 aromatic rings. The number of methoxy groups -OCH3 is 2. The number of anilines is 1. The van der Waals surface area contributed by atoms with Gasteiger partial charge in [-0.2, -0.15) is 0 Å². The highest BCUT2D eigenvalue weighted by molar-refractivity contribution is 6.00. The van der Waals surface area contributed by atoms with Crippen LogP contribution in [0.3, 0.4) is 0 Å². The first-order valence-electron chi connectivity index (χ1n) is 8.84. The van der Waals surface area contributed by atoms with Gasteiger partial charge in [-0.25, -0.2) is 0 Å². The van der Waals surface area contributed by atoms with Crippen LogP contribution in [0.25, 0.3) is 0 Å². The third kappa shape index (κ3) is 3.57. The van der Waals surface area contributed by atoms with Crippen molar-refractivity contribution in [3.63, 3.8) is 0 Å². The van der Waals surface area contributed by atoms with Crippen LogP contribution in [0.5, 0.6) is 11.5 Å². The summed E-state index contributed by atoms with van der Waals surface area (Å²) in [7, 11) is 3.14. The van der Waals surface area contributed by atoms with Crippen molar-refractivity contribution in [2.45, 2.75) is 26.2 Å². The fraction of sp³-hybridized carbons (Fsp3) is 0.579. The minimum Gasteiger partial charge on any atom is -0.493 e. The van der Waals surface area contributed by atoms with E-state index in [0.29, 0.717) is 24.0 Å². The molecule has 0 aromatic heterocycles. The van der Waals surface area contributed by atoms with Crippen molar-refractivity contribution in [3.8, 4) is 11.5 Å². The molecule has 2 heterocycles. The molecule has 2 unspecified atom stereocenters. The van der Waals surface area contributed by atoms with Crippen LogP contribution in [0, 0.1) is 11.8 Å². The zero-order chi connectivity index (χ0) is 18.0. The lowest BCUT2D eigenvalue weighted by Gasteiger charge is -2.32. The van der Waals surface area contributed by atoms with Gasteiger partial charge in [0.25, 0.3) is 0 Å². The lowest BCUT2D eigenvalue weighted by Crippen LogP contribution is -2.43. The fourth-order valence-corrected chi connectivity index (χ4v) is 3.76. The van der Waals surface area contributed by atoms with Crippen LogP contribution in [0.1, 0.15) is 26.2 Å². The zero-order valence-electron chi connectivity index (χ0n) is 15.2. The molecule has 1 aromatic carbocycles. The minimum absolute atomic E-state index is 0.0179. The summed E-state index contributed by atoms with van der Waals surface area (Å²) < 4.78 is 10.6. The Balaban J connectivity index is 1.73. The number of piperidine rings is 1. The number of rotatable bonds is 4. The Hall–Kier alpha value is -2.24. The lowest BCUT2D eigenvalue weighted by atomic mass is 9.98. The molecule has 2 amide bonds. The number of amides is 2. The van der Waals surface area contributed by atoms with Gasteiger partial charge in [0, 0.05) is 37.8 Å². The molecule has 2 atom stereocenters. The molecule has 2 aliphatic rings. The van der Waals surface area contributed by atoms with E-state index in [9.17, 15) is 9.59 Å². The fourth-order valence-electron chi connectivity index (χ4n) is 3.76. The van der Waals surface area contributed by atoms with Crippen LogP contribution in [0.4, 0.5) is 5.69 Å². The Morgan fingerprint density at radius 2 is 1.92 bits per heavy atom. The molecule has 0 saturated carbocycles. The van der Waals surface area contributed by atoms with Gasteiger partial charge in [-0.3, -0.25) is 9.59 Å². The van der Waals surface area contributed by atoms with Crippen molar-refractivity contribution in [2.24, 2.45) is 11.8 Å². The van der Waals surface area contributed by atoms with E-state index in [1.165, 1.54) is 6.42 Å². The molecule has 0 spiro atoms. The molecule has 2 saturated heterocycles. The highest BCUT2D eigenvalue weighted by Crippen LogP contribution is 2.34. The summed E-state index contributed by atoms with van der Waals surface area (Å²) in [5.74, 6) is 1.57. The van der Waals surface area contributed by atoms with Crippen LogP contribution in [-0.2, 0) is 9.59 Å². The van der Waals surface area contributed by atoms with Gasteiger partial charge in [0.2, 0.25) is 11.8 Å². The first-order valence-corrected chi connectivity index (χ1v) is 8.84. The lowest BCUT2D eigenvalue weighted by molar-refractivity contribution is -0.137. The summed E-state index contributed by atoms with van der Waals surface area (Å²) in [6.07, 6.45) is 2.50. The summed E-state index contributed by atoms with van der Waals surface area (Å²) in [4.78, 5) is 28.9. The van der Waals surface area contributed by atoms with Crippen LogP contribution in [-0.4, -0.2) is 50.6 Å². The quantitative estimate of drug-likeness (QED) is 0.839. The third-order valence-corrected chi connectivity index (χ3v) is 5.12. The first kappa shape index (κ1) is 17.6. The number of nitrogens with zero attached hydrogens (tertiary/aromatic N) is 2. The number of likely N-dealkylation sites (tertiary alicyclic amines) is 1. The van der Waals surface area contributed by atoms with E-state index in [-0.39, 0.29) is 24.2 Å². The van der Waals surface area contributed by atoms with Gasteiger partial charge in [-0.05, 0) is 30.9 Å². The van der Waals surface area contributed by atoms with E-state index in [1.807, 2.05) is 11.0 Å². The van der Waals surface area contributed by atoms with Gasteiger partial charge in [0.05, 0.1) is 20.1 Å². The second-order valence-electron chi connectivity index (χ2n) is 6.98. The number of hydrogen-bond donors (Lipinski definition) is 0. The second-order valence-corrected chi connectivity index (χ2v) is 6.98.